The highest BCUT2D eigenvalue weighted by atomic mass is 19.4. The van der Waals surface area contributed by atoms with Gasteiger partial charge in [0, 0.05) is 11.3 Å². The monoisotopic (exact) mass is 701 g/mol. The molecule has 1 saturated heterocycles. The molecule has 2 amide bonds. The SMILES string of the molecule is COC(=O)CC(NC(=O)C(c1ccccc1)N1CCC(c2ccc(NC(=O)c3ccccc3-c3ccc(C(F)(F)F)cc3)cc2)CC1)C(=O)OC. The van der Waals surface area contributed by atoms with Crippen LogP contribution in [0.1, 0.15) is 58.3 Å². The van der Waals surface area contributed by atoms with Crippen LogP contribution in [0, 0.1) is 0 Å². The third-order valence-corrected chi connectivity index (χ3v) is 8.99. The number of nitrogens with one attached hydrogen (secondary N) is 2. The smallest absolute Gasteiger partial charge is 0.416 e. The van der Waals surface area contributed by atoms with Gasteiger partial charge >= 0.3 is 18.1 Å². The van der Waals surface area contributed by atoms with E-state index in [1.54, 1.807) is 24.3 Å². The highest BCUT2D eigenvalue weighted by molar-refractivity contribution is 6.08. The topological polar surface area (TPSA) is 114 Å². The fraction of sp³-hybridized carbons (Fsp3) is 0.282. The van der Waals surface area contributed by atoms with Gasteiger partial charge in [0.15, 0.2) is 0 Å². The van der Waals surface area contributed by atoms with Crippen molar-refractivity contribution >= 4 is 29.4 Å². The van der Waals surface area contributed by atoms with Crippen molar-refractivity contribution in [2.75, 3.05) is 32.6 Å². The molecule has 0 aliphatic carbocycles. The third kappa shape index (κ3) is 9.20. The summed E-state index contributed by atoms with van der Waals surface area (Å²) in [7, 11) is 2.39. The molecule has 1 fully saturated rings. The molecule has 9 nitrogen and oxygen atoms in total. The fourth-order valence-electron chi connectivity index (χ4n) is 6.30. The number of halogens is 3. The predicted molar refractivity (Wildman–Crippen MR) is 185 cm³/mol. The van der Waals surface area contributed by atoms with Gasteiger partial charge in [-0.15, -0.1) is 0 Å². The van der Waals surface area contributed by atoms with Gasteiger partial charge in [-0.1, -0.05) is 72.8 Å². The molecule has 1 aliphatic rings. The molecule has 4 aromatic rings. The Balaban J connectivity index is 1.24. The Hall–Kier alpha value is -5.49. The van der Waals surface area contributed by atoms with Crippen molar-refractivity contribution in [2.45, 2.75) is 43.4 Å². The van der Waals surface area contributed by atoms with Gasteiger partial charge in [-0.25, -0.2) is 4.79 Å². The van der Waals surface area contributed by atoms with Gasteiger partial charge in [0.25, 0.3) is 5.91 Å². The molecule has 1 aliphatic heterocycles. The van der Waals surface area contributed by atoms with Gasteiger partial charge < -0.3 is 20.1 Å². The van der Waals surface area contributed by atoms with E-state index in [1.165, 1.54) is 26.4 Å². The van der Waals surface area contributed by atoms with Crippen LogP contribution < -0.4 is 10.6 Å². The van der Waals surface area contributed by atoms with Crippen molar-refractivity contribution < 1.29 is 41.8 Å². The highest BCUT2D eigenvalue weighted by Gasteiger charge is 2.35. The number of benzene rings is 4. The summed E-state index contributed by atoms with van der Waals surface area (Å²) in [5.41, 5.74) is 2.95. The number of alkyl halides is 3. The van der Waals surface area contributed by atoms with Crippen molar-refractivity contribution in [3.05, 3.63) is 125 Å². The van der Waals surface area contributed by atoms with Crippen LogP contribution in [0.4, 0.5) is 18.9 Å². The summed E-state index contributed by atoms with van der Waals surface area (Å²) < 4.78 is 48.7. The summed E-state index contributed by atoms with van der Waals surface area (Å²) in [5.74, 6) is -2.04. The van der Waals surface area contributed by atoms with E-state index >= 15 is 0 Å². The lowest BCUT2D eigenvalue weighted by Crippen LogP contribution is -2.49. The summed E-state index contributed by atoms with van der Waals surface area (Å²) >= 11 is 0. The van der Waals surface area contributed by atoms with Gasteiger partial charge in [0.1, 0.15) is 12.1 Å². The molecular formula is C39H38F3N3O6. The van der Waals surface area contributed by atoms with Crippen LogP contribution in [-0.2, 0) is 30.0 Å². The summed E-state index contributed by atoms with van der Waals surface area (Å²) in [6.07, 6.45) is -3.33. The van der Waals surface area contributed by atoms with Gasteiger partial charge in [0.05, 0.1) is 26.2 Å². The molecule has 2 N–H and O–H groups in total. The zero-order valence-corrected chi connectivity index (χ0v) is 28.1. The van der Waals surface area contributed by atoms with Crippen molar-refractivity contribution in [3.8, 4) is 11.1 Å². The van der Waals surface area contributed by atoms with Gasteiger partial charge in [0.2, 0.25) is 5.91 Å². The number of anilines is 1. The maximum atomic E-state index is 13.7. The Kier molecular flexibility index (Phi) is 11.9. The average Bonchev–Trinajstić information content (AvgIpc) is 3.15. The van der Waals surface area contributed by atoms with E-state index in [1.807, 2.05) is 54.6 Å². The molecule has 4 aromatic carbocycles. The van der Waals surface area contributed by atoms with E-state index < -0.39 is 47.6 Å². The van der Waals surface area contributed by atoms with Crippen LogP contribution in [0.5, 0.6) is 0 Å². The van der Waals surface area contributed by atoms with E-state index in [-0.39, 0.29) is 12.3 Å². The number of ether oxygens (including phenoxy) is 2. The van der Waals surface area contributed by atoms with Crippen LogP contribution in [0.3, 0.4) is 0 Å². The number of nitrogens with zero attached hydrogens (tertiary/aromatic N) is 1. The molecule has 2 atom stereocenters. The Labute approximate surface area is 293 Å². The second-order valence-electron chi connectivity index (χ2n) is 12.2. The first kappa shape index (κ1) is 36.8. The zero-order chi connectivity index (χ0) is 36.5. The molecule has 1 heterocycles. The van der Waals surface area contributed by atoms with Crippen molar-refractivity contribution in [3.63, 3.8) is 0 Å². The number of hydrogen-bond acceptors (Lipinski definition) is 7. The first-order valence-corrected chi connectivity index (χ1v) is 16.4. The van der Waals surface area contributed by atoms with E-state index in [0.29, 0.717) is 35.5 Å². The Bertz CT molecular complexity index is 1820. The first-order valence-electron chi connectivity index (χ1n) is 16.4. The Morgan fingerprint density at radius 1 is 0.804 bits per heavy atom. The predicted octanol–water partition coefficient (Wildman–Crippen LogP) is 6.77. The maximum Gasteiger partial charge on any atom is 0.416 e. The number of methoxy groups -OCH3 is 2. The van der Waals surface area contributed by atoms with Crippen LogP contribution in [0.15, 0.2) is 103 Å². The molecule has 0 spiro atoms. The standard InChI is InChI=1S/C39H38F3N3O6/c1-50-34(46)24-33(38(49)51-2)44-37(48)35(28-8-4-3-5-9-28)45-22-20-26(21-23-45)25-14-18-30(19-15-25)43-36(47)32-11-7-6-10-31(32)27-12-16-29(17-13-27)39(40,41)42/h3-19,26,33,35H,20-24H2,1-2H3,(H,43,47)(H,44,48). The van der Waals surface area contributed by atoms with Crippen LogP contribution >= 0.6 is 0 Å². The number of carbonyl (C=O) groups excluding carboxylic acids is 4. The second kappa shape index (κ2) is 16.5. The van der Waals surface area contributed by atoms with E-state index in [9.17, 15) is 32.3 Å². The quantitative estimate of drug-likeness (QED) is 0.166. The molecular weight excluding hydrogens is 663 g/mol. The third-order valence-electron chi connectivity index (χ3n) is 8.99. The van der Waals surface area contributed by atoms with Gasteiger partial charge in [-0.2, -0.15) is 13.2 Å². The number of likely N-dealkylation sites (tertiary alicyclic amines) is 1. The molecule has 0 bridgehead atoms. The normalized spacial score (nSPS) is 14.9. The number of amides is 2. The van der Waals surface area contributed by atoms with E-state index in [0.717, 1.165) is 36.1 Å². The lowest BCUT2D eigenvalue weighted by Gasteiger charge is -2.37. The van der Waals surface area contributed by atoms with Crippen LogP contribution in [0.25, 0.3) is 11.1 Å². The first-order chi connectivity index (χ1) is 24.5. The zero-order valence-electron chi connectivity index (χ0n) is 28.1. The number of piperidine rings is 1. The van der Waals surface area contributed by atoms with Crippen LogP contribution in [-0.4, -0.2) is 62.0 Å². The summed E-state index contributed by atoms with van der Waals surface area (Å²) in [5, 5.41) is 5.59. The van der Waals surface area contributed by atoms with Crippen molar-refractivity contribution in [1.82, 2.24) is 10.2 Å². The number of hydrogen-bond donors (Lipinski definition) is 2. The minimum absolute atomic E-state index is 0.188. The van der Waals surface area contributed by atoms with E-state index in [4.69, 9.17) is 9.47 Å². The van der Waals surface area contributed by atoms with Crippen molar-refractivity contribution in [1.29, 1.82) is 0 Å². The Morgan fingerprint density at radius 3 is 2.04 bits per heavy atom. The molecule has 0 saturated carbocycles. The molecule has 2 unspecified atom stereocenters. The number of esters is 2. The molecule has 266 valence electrons. The summed E-state index contributed by atoms with van der Waals surface area (Å²) in [6.45, 7) is 1.16. The van der Waals surface area contributed by atoms with Crippen molar-refractivity contribution in [2.24, 2.45) is 0 Å². The highest BCUT2D eigenvalue weighted by Crippen LogP contribution is 2.34. The average molecular weight is 702 g/mol. The summed E-state index contributed by atoms with van der Waals surface area (Å²) in [6, 6.07) is 26.3. The molecule has 0 aromatic heterocycles. The lowest BCUT2D eigenvalue weighted by molar-refractivity contribution is -0.151. The number of carbonyl (C=O) groups is 4. The molecule has 5 rings (SSSR count). The molecule has 12 heteroatoms. The lowest BCUT2D eigenvalue weighted by atomic mass is 9.88. The minimum Gasteiger partial charge on any atom is -0.469 e. The molecule has 51 heavy (non-hydrogen) atoms. The maximum absolute atomic E-state index is 13.7. The fourth-order valence-corrected chi connectivity index (χ4v) is 6.30. The largest absolute Gasteiger partial charge is 0.469 e. The number of rotatable bonds is 11. The second-order valence-corrected chi connectivity index (χ2v) is 12.2. The van der Waals surface area contributed by atoms with Crippen LogP contribution in [0.2, 0.25) is 0 Å². The Morgan fingerprint density at radius 2 is 1.43 bits per heavy atom. The van der Waals surface area contributed by atoms with Gasteiger partial charge in [-0.3, -0.25) is 19.3 Å². The minimum atomic E-state index is -4.45. The van der Waals surface area contributed by atoms with Gasteiger partial charge in [-0.05, 0) is 84.4 Å². The van der Waals surface area contributed by atoms with E-state index in [2.05, 4.69) is 15.5 Å². The molecule has 0 radical (unpaired) electrons. The summed E-state index contributed by atoms with van der Waals surface area (Å²) in [4.78, 5) is 53.4.